The van der Waals surface area contributed by atoms with Crippen molar-refractivity contribution < 1.29 is 14.3 Å². The van der Waals surface area contributed by atoms with Crippen molar-refractivity contribution in [1.29, 1.82) is 0 Å². The predicted octanol–water partition coefficient (Wildman–Crippen LogP) is -0.00920. The molecule has 6 heteroatoms. The molecule has 1 unspecified atom stereocenters. The maximum absolute atomic E-state index is 11.5. The largest absolute Gasteiger partial charge is 0.449 e. The number of imide groups is 1. The van der Waals surface area contributed by atoms with E-state index in [-0.39, 0.29) is 18.4 Å². The lowest BCUT2D eigenvalue weighted by atomic mass is 10.1. The summed E-state index contributed by atoms with van der Waals surface area (Å²) in [6, 6.07) is 0.0900. The highest BCUT2D eigenvalue weighted by molar-refractivity contribution is 5.91. The second-order valence-corrected chi connectivity index (χ2v) is 4.10. The van der Waals surface area contributed by atoms with E-state index in [9.17, 15) is 9.59 Å². The highest BCUT2D eigenvalue weighted by Gasteiger charge is 2.17. The van der Waals surface area contributed by atoms with E-state index in [0.29, 0.717) is 6.61 Å². The molecule has 6 nitrogen and oxygen atoms in total. The van der Waals surface area contributed by atoms with Crippen molar-refractivity contribution in [2.75, 3.05) is 26.2 Å². The maximum Gasteiger partial charge on any atom is 0.413 e. The Labute approximate surface area is 101 Å². The summed E-state index contributed by atoms with van der Waals surface area (Å²) in [5.41, 5.74) is 0. The van der Waals surface area contributed by atoms with Crippen LogP contribution in [-0.2, 0) is 9.53 Å². The molecule has 1 aliphatic heterocycles. The molecule has 17 heavy (non-hydrogen) atoms. The van der Waals surface area contributed by atoms with E-state index in [4.69, 9.17) is 4.74 Å². The summed E-state index contributed by atoms with van der Waals surface area (Å²) in [6.45, 7) is 4.88. The van der Waals surface area contributed by atoms with Crippen LogP contribution >= 0.6 is 0 Å². The van der Waals surface area contributed by atoms with E-state index in [1.807, 2.05) is 6.92 Å². The molecule has 2 amide bonds. The minimum atomic E-state index is -0.646. The van der Waals surface area contributed by atoms with E-state index in [1.165, 1.54) is 0 Å². The highest BCUT2D eigenvalue weighted by atomic mass is 16.5. The molecule has 0 radical (unpaired) electrons. The number of carbonyl (C=O) groups is 2. The van der Waals surface area contributed by atoms with Crippen molar-refractivity contribution in [3.05, 3.63) is 0 Å². The Balaban J connectivity index is 2.12. The average Bonchev–Trinajstić information content (AvgIpc) is 2.30. The number of amides is 2. The molecule has 1 atom stereocenters. The number of rotatable bonds is 5. The molecule has 0 aromatic rings. The molecule has 0 spiro atoms. The van der Waals surface area contributed by atoms with Gasteiger partial charge < -0.3 is 15.4 Å². The molecular formula is C11H21N3O3. The fourth-order valence-corrected chi connectivity index (χ4v) is 1.59. The van der Waals surface area contributed by atoms with Crippen LogP contribution in [0.5, 0.6) is 0 Å². The van der Waals surface area contributed by atoms with Gasteiger partial charge in [0, 0.05) is 32.1 Å². The van der Waals surface area contributed by atoms with Crippen molar-refractivity contribution in [3.63, 3.8) is 0 Å². The first kappa shape index (κ1) is 13.9. The van der Waals surface area contributed by atoms with Gasteiger partial charge in [0.2, 0.25) is 5.91 Å². The van der Waals surface area contributed by atoms with Crippen LogP contribution < -0.4 is 16.0 Å². The number of hydrogen-bond donors (Lipinski definition) is 3. The van der Waals surface area contributed by atoms with Crippen molar-refractivity contribution in [2.24, 2.45) is 0 Å². The third-order valence-corrected chi connectivity index (χ3v) is 2.53. The zero-order valence-corrected chi connectivity index (χ0v) is 10.3. The zero-order valence-electron chi connectivity index (χ0n) is 10.3. The van der Waals surface area contributed by atoms with Crippen molar-refractivity contribution in [3.8, 4) is 0 Å². The third-order valence-electron chi connectivity index (χ3n) is 2.53. The van der Waals surface area contributed by atoms with Crippen LogP contribution in [0.1, 0.15) is 26.2 Å². The molecule has 0 aromatic heterocycles. The van der Waals surface area contributed by atoms with Gasteiger partial charge in [0.05, 0.1) is 6.61 Å². The average molecular weight is 243 g/mol. The number of nitrogens with one attached hydrogen (secondary N) is 3. The van der Waals surface area contributed by atoms with Crippen LogP contribution in [0.4, 0.5) is 4.79 Å². The van der Waals surface area contributed by atoms with Crippen LogP contribution in [-0.4, -0.2) is 44.3 Å². The van der Waals surface area contributed by atoms with Gasteiger partial charge in [0.15, 0.2) is 0 Å². The minimum absolute atomic E-state index is 0.0900. The van der Waals surface area contributed by atoms with Crippen LogP contribution in [0.15, 0.2) is 0 Å². The number of unbranched alkanes of at least 4 members (excludes halogenated alkanes) is 1. The van der Waals surface area contributed by atoms with Crippen LogP contribution in [0.2, 0.25) is 0 Å². The lowest BCUT2D eigenvalue weighted by Gasteiger charge is -2.23. The first-order valence-corrected chi connectivity index (χ1v) is 6.13. The molecular weight excluding hydrogens is 222 g/mol. The van der Waals surface area contributed by atoms with Crippen molar-refractivity contribution in [2.45, 2.75) is 32.2 Å². The monoisotopic (exact) mass is 243 g/mol. The summed E-state index contributed by atoms with van der Waals surface area (Å²) in [5, 5.41) is 8.60. The molecule has 0 aliphatic carbocycles. The normalized spacial score (nSPS) is 19.7. The van der Waals surface area contributed by atoms with Crippen molar-refractivity contribution >= 4 is 12.0 Å². The molecule has 1 rings (SSSR count). The fourth-order valence-electron chi connectivity index (χ4n) is 1.59. The van der Waals surface area contributed by atoms with E-state index < -0.39 is 6.09 Å². The number of alkyl carbamates (subject to hydrolysis) is 1. The van der Waals surface area contributed by atoms with E-state index in [1.54, 1.807) is 0 Å². The SMILES string of the molecule is CCCCOC(=O)NC(=O)CC1CNCCN1. The van der Waals surface area contributed by atoms with E-state index in [0.717, 1.165) is 32.5 Å². The maximum atomic E-state index is 11.5. The van der Waals surface area contributed by atoms with Gasteiger partial charge in [-0.25, -0.2) is 4.79 Å². The van der Waals surface area contributed by atoms with Gasteiger partial charge in [-0.05, 0) is 6.42 Å². The van der Waals surface area contributed by atoms with Gasteiger partial charge in [-0.3, -0.25) is 10.1 Å². The second kappa shape index (κ2) is 8.03. The van der Waals surface area contributed by atoms with Crippen LogP contribution in [0.25, 0.3) is 0 Å². The summed E-state index contributed by atoms with van der Waals surface area (Å²) >= 11 is 0. The second-order valence-electron chi connectivity index (χ2n) is 4.10. The smallest absolute Gasteiger partial charge is 0.413 e. The van der Waals surface area contributed by atoms with Gasteiger partial charge in [0.25, 0.3) is 0 Å². The van der Waals surface area contributed by atoms with Gasteiger partial charge in [0.1, 0.15) is 0 Å². The highest BCUT2D eigenvalue weighted by Crippen LogP contribution is 1.95. The molecule has 0 aromatic carbocycles. The Bertz CT molecular complexity index is 252. The first-order valence-electron chi connectivity index (χ1n) is 6.13. The Hall–Kier alpha value is -1.14. The van der Waals surface area contributed by atoms with Gasteiger partial charge in [-0.1, -0.05) is 13.3 Å². The van der Waals surface area contributed by atoms with E-state index >= 15 is 0 Å². The Morgan fingerprint density at radius 1 is 1.41 bits per heavy atom. The molecule has 1 heterocycles. The molecule has 1 fully saturated rings. The third kappa shape index (κ3) is 6.23. The predicted molar refractivity (Wildman–Crippen MR) is 63.7 cm³/mol. The number of carbonyl (C=O) groups excluding carboxylic acids is 2. The standard InChI is InChI=1S/C11H21N3O3/c1-2-3-6-17-11(16)14-10(15)7-9-8-12-4-5-13-9/h9,12-13H,2-8H2,1H3,(H,14,15,16). The molecule has 1 saturated heterocycles. The van der Waals surface area contributed by atoms with Gasteiger partial charge >= 0.3 is 6.09 Å². The molecule has 98 valence electrons. The Morgan fingerprint density at radius 3 is 2.88 bits per heavy atom. The van der Waals surface area contributed by atoms with Gasteiger partial charge in [-0.2, -0.15) is 0 Å². The minimum Gasteiger partial charge on any atom is -0.449 e. The quantitative estimate of drug-likeness (QED) is 0.592. The van der Waals surface area contributed by atoms with Crippen LogP contribution in [0, 0.1) is 0 Å². The fraction of sp³-hybridized carbons (Fsp3) is 0.818. The Morgan fingerprint density at radius 2 is 2.24 bits per heavy atom. The molecule has 0 bridgehead atoms. The summed E-state index contributed by atoms with van der Waals surface area (Å²) in [7, 11) is 0. The number of hydrogen-bond acceptors (Lipinski definition) is 5. The first-order chi connectivity index (χ1) is 8.22. The van der Waals surface area contributed by atoms with Crippen molar-refractivity contribution in [1.82, 2.24) is 16.0 Å². The summed E-state index contributed by atoms with van der Waals surface area (Å²) in [6.07, 6.45) is 1.41. The molecule has 1 aliphatic rings. The molecule has 3 N–H and O–H groups in total. The summed E-state index contributed by atoms with van der Waals surface area (Å²) in [5.74, 6) is -0.298. The Kier molecular flexibility index (Phi) is 6.57. The summed E-state index contributed by atoms with van der Waals surface area (Å²) < 4.78 is 4.84. The molecule has 0 saturated carbocycles. The zero-order chi connectivity index (χ0) is 12.5. The topological polar surface area (TPSA) is 79.5 Å². The van der Waals surface area contributed by atoms with Gasteiger partial charge in [-0.15, -0.1) is 0 Å². The lowest BCUT2D eigenvalue weighted by molar-refractivity contribution is -0.121. The number of piperazine rings is 1. The van der Waals surface area contributed by atoms with E-state index in [2.05, 4.69) is 16.0 Å². The lowest BCUT2D eigenvalue weighted by Crippen LogP contribution is -2.50. The van der Waals surface area contributed by atoms with Crippen LogP contribution in [0.3, 0.4) is 0 Å². The number of ether oxygens (including phenoxy) is 1. The summed E-state index contributed by atoms with van der Waals surface area (Å²) in [4.78, 5) is 22.7.